The molecular weight excluding hydrogens is 280 g/mol. The van der Waals surface area contributed by atoms with Gasteiger partial charge in [-0.05, 0) is 12.1 Å². The first-order chi connectivity index (χ1) is 9.83. The van der Waals surface area contributed by atoms with Gasteiger partial charge in [0.15, 0.2) is 0 Å². The van der Waals surface area contributed by atoms with Crippen molar-refractivity contribution in [3.05, 3.63) is 24.0 Å². The summed E-state index contributed by atoms with van der Waals surface area (Å²) < 4.78 is 18.6. The zero-order chi connectivity index (χ0) is 13.9. The summed E-state index contributed by atoms with van der Waals surface area (Å²) in [6, 6.07) is 5.87. The van der Waals surface area contributed by atoms with E-state index in [0.717, 1.165) is 22.6 Å². The van der Waals surface area contributed by atoms with E-state index in [1.54, 1.807) is 7.11 Å². The largest absolute Gasteiger partial charge is 0.494 e. The number of alkyl halides is 1. The number of nitrogens with zero attached hydrogens (tertiary/aromatic N) is 2. The van der Waals surface area contributed by atoms with Gasteiger partial charge in [-0.3, -0.25) is 0 Å². The van der Waals surface area contributed by atoms with Gasteiger partial charge in [-0.15, -0.1) is 11.6 Å². The Hall–Kier alpha value is -1.30. The van der Waals surface area contributed by atoms with Crippen LogP contribution in [0.1, 0.15) is 5.82 Å². The van der Waals surface area contributed by atoms with E-state index in [1.807, 2.05) is 18.2 Å². The first-order valence-corrected chi connectivity index (χ1v) is 7.14. The molecule has 108 valence electrons. The fourth-order valence-electron chi connectivity index (χ4n) is 2.49. The maximum atomic E-state index is 6.02. The number of aromatic nitrogens is 2. The lowest BCUT2D eigenvalue weighted by Gasteiger charge is -2.24. The first kappa shape index (κ1) is 13.7. The van der Waals surface area contributed by atoms with Crippen LogP contribution in [0.4, 0.5) is 0 Å². The second-order valence-corrected chi connectivity index (χ2v) is 4.94. The lowest BCUT2D eigenvalue weighted by Crippen LogP contribution is -2.32. The highest BCUT2D eigenvalue weighted by molar-refractivity contribution is 6.16. The van der Waals surface area contributed by atoms with E-state index >= 15 is 0 Å². The Morgan fingerprint density at radius 1 is 1.45 bits per heavy atom. The molecule has 1 aliphatic heterocycles. The molecule has 6 heteroatoms. The molecule has 1 fully saturated rings. The fraction of sp³-hybridized carbons (Fsp3) is 0.500. The molecule has 0 spiro atoms. The van der Waals surface area contributed by atoms with Crippen molar-refractivity contribution >= 4 is 22.6 Å². The van der Waals surface area contributed by atoms with Crippen LogP contribution in [0.15, 0.2) is 18.2 Å². The normalized spacial score (nSPS) is 19.4. The minimum atomic E-state index is 0.0364. The molecule has 0 aliphatic carbocycles. The SMILES string of the molecule is COc1cccc2c1nc(CCl)n2CC1COCCO1. The number of imidazole rings is 1. The van der Waals surface area contributed by atoms with Crippen LogP contribution in [0, 0.1) is 0 Å². The molecule has 5 nitrogen and oxygen atoms in total. The zero-order valence-electron chi connectivity index (χ0n) is 11.3. The van der Waals surface area contributed by atoms with Crippen LogP contribution in [-0.2, 0) is 21.9 Å². The highest BCUT2D eigenvalue weighted by Crippen LogP contribution is 2.27. The minimum absolute atomic E-state index is 0.0364. The van der Waals surface area contributed by atoms with Crippen molar-refractivity contribution in [1.29, 1.82) is 0 Å². The monoisotopic (exact) mass is 296 g/mol. The third-order valence-electron chi connectivity index (χ3n) is 3.43. The van der Waals surface area contributed by atoms with Crippen molar-refractivity contribution in [2.45, 2.75) is 18.5 Å². The molecule has 0 bridgehead atoms. The van der Waals surface area contributed by atoms with Gasteiger partial charge < -0.3 is 18.8 Å². The Morgan fingerprint density at radius 3 is 3.05 bits per heavy atom. The van der Waals surface area contributed by atoms with Crippen molar-refractivity contribution in [3.8, 4) is 5.75 Å². The lowest BCUT2D eigenvalue weighted by molar-refractivity contribution is -0.0934. The molecule has 0 N–H and O–H groups in total. The molecule has 20 heavy (non-hydrogen) atoms. The summed E-state index contributed by atoms with van der Waals surface area (Å²) in [7, 11) is 1.65. The minimum Gasteiger partial charge on any atom is -0.494 e. The molecule has 1 unspecified atom stereocenters. The van der Waals surface area contributed by atoms with Crippen LogP contribution in [0.25, 0.3) is 11.0 Å². The van der Waals surface area contributed by atoms with Gasteiger partial charge in [0.05, 0.1) is 51.0 Å². The number of hydrogen-bond acceptors (Lipinski definition) is 4. The van der Waals surface area contributed by atoms with Gasteiger partial charge >= 0.3 is 0 Å². The zero-order valence-corrected chi connectivity index (χ0v) is 12.1. The molecule has 0 saturated carbocycles. The van der Waals surface area contributed by atoms with Crippen molar-refractivity contribution < 1.29 is 14.2 Å². The second-order valence-electron chi connectivity index (χ2n) is 4.67. The van der Waals surface area contributed by atoms with E-state index in [4.69, 9.17) is 25.8 Å². The molecule has 1 saturated heterocycles. The Kier molecular flexibility index (Phi) is 4.10. The highest BCUT2D eigenvalue weighted by Gasteiger charge is 2.19. The molecule has 2 heterocycles. The maximum absolute atomic E-state index is 6.02. The van der Waals surface area contributed by atoms with Crippen molar-refractivity contribution in [2.24, 2.45) is 0 Å². The predicted molar refractivity (Wildman–Crippen MR) is 76.4 cm³/mol. The molecule has 1 aromatic heterocycles. The number of methoxy groups -OCH3 is 1. The molecule has 2 aromatic rings. The molecule has 1 aliphatic rings. The van der Waals surface area contributed by atoms with Crippen LogP contribution in [0.5, 0.6) is 5.75 Å². The summed E-state index contributed by atoms with van der Waals surface area (Å²) in [6.45, 7) is 2.59. The average Bonchev–Trinajstić information content (AvgIpc) is 2.86. The molecule has 0 amide bonds. The number of rotatable bonds is 4. The first-order valence-electron chi connectivity index (χ1n) is 6.61. The van der Waals surface area contributed by atoms with Gasteiger partial charge in [-0.2, -0.15) is 0 Å². The Labute approximate surface area is 122 Å². The van der Waals surface area contributed by atoms with Crippen LogP contribution < -0.4 is 4.74 Å². The summed E-state index contributed by atoms with van der Waals surface area (Å²) >= 11 is 6.02. The van der Waals surface area contributed by atoms with Crippen molar-refractivity contribution in [2.75, 3.05) is 26.9 Å². The van der Waals surface area contributed by atoms with E-state index in [0.29, 0.717) is 32.2 Å². The summed E-state index contributed by atoms with van der Waals surface area (Å²) in [5.74, 6) is 1.93. The molecular formula is C14H17ClN2O3. The van der Waals surface area contributed by atoms with E-state index in [9.17, 15) is 0 Å². The van der Waals surface area contributed by atoms with Gasteiger partial charge in [0.1, 0.15) is 17.1 Å². The summed E-state index contributed by atoms with van der Waals surface area (Å²) in [5.41, 5.74) is 1.84. The Bertz CT molecular complexity index is 593. The lowest BCUT2D eigenvalue weighted by atomic mass is 10.2. The summed E-state index contributed by atoms with van der Waals surface area (Å²) in [6.07, 6.45) is 0.0364. The van der Waals surface area contributed by atoms with Crippen LogP contribution in [0.3, 0.4) is 0 Å². The van der Waals surface area contributed by atoms with Crippen LogP contribution in [0.2, 0.25) is 0 Å². The molecule has 1 atom stereocenters. The second kappa shape index (κ2) is 5.99. The smallest absolute Gasteiger partial charge is 0.146 e. The molecule has 3 rings (SSSR count). The van der Waals surface area contributed by atoms with Crippen molar-refractivity contribution in [3.63, 3.8) is 0 Å². The number of halogens is 1. The van der Waals surface area contributed by atoms with E-state index in [-0.39, 0.29) is 6.10 Å². The number of benzene rings is 1. The quantitative estimate of drug-likeness (QED) is 0.812. The summed E-state index contributed by atoms with van der Waals surface area (Å²) in [4.78, 5) is 4.58. The highest BCUT2D eigenvalue weighted by atomic mass is 35.5. The third kappa shape index (κ3) is 2.49. The standard InChI is InChI=1S/C14H17ClN2O3/c1-18-12-4-2-3-11-14(12)16-13(7-15)17(11)8-10-9-19-5-6-20-10/h2-4,10H,5-9H2,1H3. The van der Waals surface area contributed by atoms with E-state index in [2.05, 4.69) is 9.55 Å². The van der Waals surface area contributed by atoms with E-state index in [1.165, 1.54) is 0 Å². The topological polar surface area (TPSA) is 45.5 Å². The Balaban J connectivity index is 1.99. The number of hydrogen-bond donors (Lipinski definition) is 0. The van der Waals surface area contributed by atoms with Crippen LogP contribution in [-0.4, -0.2) is 42.6 Å². The van der Waals surface area contributed by atoms with Crippen molar-refractivity contribution in [1.82, 2.24) is 9.55 Å². The van der Waals surface area contributed by atoms with Gasteiger partial charge in [-0.25, -0.2) is 4.98 Å². The van der Waals surface area contributed by atoms with Gasteiger partial charge in [0, 0.05) is 0 Å². The van der Waals surface area contributed by atoms with Gasteiger partial charge in [-0.1, -0.05) is 6.07 Å². The average molecular weight is 297 g/mol. The summed E-state index contributed by atoms with van der Waals surface area (Å²) in [5, 5.41) is 0. The van der Waals surface area contributed by atoms with Crippen LogP contribution >= 0.6 is 11.6 Å². The number of para-hydroxylation sites is 1. The molecule has 0 radical (unpaired) electrons. The maximum Gasteiger partial charge on any atom is 0.146 e. The van der Waals surface area contributed by atoms with E-state index < -0.39 is 0 Å². The predicted octanol–water partition coefficient (Wildman–Crippen LogP) is 2.20. The number of ether oxygens (including phenoxy) is 3. The third-order valence-corrected chi connectivity index (χ3v) is 3.67. The molecule has 1 aromatic carbocycles. The fourth-order valence-corrected chi connectivity index (χ4v) is 2.69. The van der Waals surface area contributed by atoms with Gasteiger partial charge in [0.25, 0.3) is 0 Å². The Morgan fingerprint density at radius 2 is 2.35 bits per heavy atom. The van der Waals surface area contributed by atoms with Gasteiger partial charge in [0.2, 0.25) is 0 Å². The number of fused-ring (bicyclic) bond motifs is 1.